The van der Waals surface area contributed by atoms with E-state index in [0.29, 0.717) is 19.1 Å². The highest BCUT2D eigenvalue weighted by Crippen LogP contribution is 2.29. The molecule has 1 fully saturated rings. The zero-order valence-electron chi connectivity index (χ0n) is 18.5. The van der Waals surface area contributed by atoms with E-state index in [0.717, 1.165) is 47.2 Å². The Kier molecular flexibility index (Phi) is 5.89. The summed E-state index contributed by atoms with van der Waals surface area (Å²) in [7, 11) is 0. The first-order valence-electron chi connectivity index (χ1n) is 11.2. The van der Waals surface area contributed by atoms with Crippen molar-refractivity contribution in [3.8, 4) is 0 Å². The third-order valence-electron chi connectivity index (χ3n) is 6.34. The number of rotatable bonds is 7. The standard InChI is InChI=1S/C24H28N6OS/c1-16-10-17(2)21-12-18(24(31)25-22(21)11-16)13-29(14-20-8-5-9-32-20)15-23-26-27-28-30(23)19-6-3-4-7-19/h5,8-12,19H,3-4,6-7,13-15H2,1-2H3,(H,25,31). The number of pyridine rings is 1. The van der Waals surface area contributed by atoms with E-state index in [1.54, 1.807) is 11.3 Å². The number of benzene rings is 1. The molecule has 0 radical (unpaired) electrons. The summed E-state index contributed by atoms with van der Waals surface area (Å²) in [5.74, 6) is 0.873. The van der Waals surface area contributed by atoms with Gasteiger partial charge in [-0.2, -0.15) is 0 Å². The average molecular weight is 449 g/mol. The van der Waals surface area contributed by atoms with E-state index in [9.17, 15) is 4.79 Å². The van der Waals surface area contributed by atoms with Crippen LogP contribution in [0.3, 0.4) is 0 Å². The predicted octanol–water partition coefficient (Wildman–Crippen LogP) is 4.51. The molecule has 7 nitrogen and oxygen atoms in total. The predicted molar refractivity (Wildman–Crippen MR) is 127 cm³/mol. The highest BCUT2D eigenvalue weighted by Gasteiger charge is 2.23. The summed E-state index contributed by atoms with van der Waals surface area (Å²) >= 11 is 1.73. The van der Waals surface area contributed by atoms with E-state index in [4.69, 9.17) is 0 Å². The Morgan fingerprint density at radius 1 is 1.16 bits per heavy atom. The molecule has 4 aromatic rings. The summed E-state index contributed by atoms with van der Waals surface area (Å²) in [4.78, 5) is 19.6. The van der Waals surface area contributed by atoms with Gasteiger partial charge < -0.3 is 4.98 Å². The number of fused-ring (bicyclic) bond motifs is 1. The van der Waals surface area contributed by atoms with E-state index in [1.165, 1.54) is 23.3 Å². The van der Waals surface area contributed by atoms with Crippen molar-refractivity contribution in [1.82, 2.24) is 30.1 Å². The Bertz CT molecular complexity index is 1270. The van der Waals surface area contributed by atoms with Gasteiger partial charge in [0.25, 0.3) is 5.56 Å². The lowest BCUT2D eigenvalue weighted by atomic mass is 10.0. The maximum atomic E-state index is 12.9. The molecular formula is C24H28N6OS. The molecule has 0 amide bonds. The lowest BCUT2D eigenvalue weighted by Gasteiger charge is -2.22. The Morgan fingerprint density at radius 2 is 2.00 bits per heavy atom. The summed E-state index contributed by atoms with van der Waals surface area (Å²) in [6, 6.07) is 10.8. The van der Waals surface area contributed by atoms with E-state index in [-0.39, 0.29) is 5.56 Å². The fourth-order valence-electron chi connectivity index (χ4n) is 4.81. The van der Waals surface area contributed by atoms with Crippen LogP contribution in [0.25, 0.3) is 10.9 Å². The number of tetrazole rings is 1. The molecule has 0 aliphatic heterocycles. The summed E-state index contributed by atoms with van der Waals surface area (Å²) in [6.45, 7) is 6.03. The molecule has 32 heavy (non-hydrogen) atoms. The van der Waals surface area contributed by atoms with Crippen molar-refractivity contribution in [1.29, 1.82) is 0 Å². The van der Waals surface area contributed by atoms with Crippen LogP contribution in [-0.2, 0) is 19.6 Å². The van der Waals surface area contributed by atoms with Gasteiger partial charge in [0, 0.05) is 34.4 Å². The van der Waals surface area contributed by atoms with Crippen molar-refractivity contribution in [3.63, 3.8) is 0 Å². The van der Waals surface area contributed by atoms with Gasteiger partial charge in [0.05, 0.1) is 12.6 Å². The van der Waals surface area contributed by atoms with Crippen molar-refractivity contribution in [2.75, 3.05) is 0 Å². The summed E-state index contributed by atoms with van der Waals surface area (Å²) in [5.41, 5.74) is 3.95. The fourth-order valence-corrected chi connectivity index (χ4v) is 5.56. The minimum atomic E-state index is -0.0333. The lowest BCUT2D eigenvalue weighted by Crippen LogP contribution is -2.28. The van der Waals surface area contributed by atoms with Crippen LogP contribution in [0.2, 0.25) is 0 Å². The molecule has 1 aliphatic carbocycles. The molecule has 0 spiro atoms. The average Bonchev–Trinajstić information content (AvgIpc) is 3.51. The maximum Gasteiger partial charge on any atom is 0.252 e. The number of aryl methyl sites for hydroxylation is 2. The van der Waals surface area contributed by atoms with E-state index in [2.05, 4.69) is 62.8 Å². The van der Waals surface area contributed by atoms with Crippen LogP contribution >= 0.6 is 11.3 Å². The molecule has 1 saturated carbocycles. The van der Waals surface area contributed by atoms with Gasteiger partial charge in [-0.25, -0.2) is 4.68 Å². The zero-order chi connectivity index (χ0) is 22.1. The first-order chi connectivity index (χ1) is 15.6. The SMILES string of the molecule is Cc1cc(C)c2cc(CN(Cc3cccs3)Cc3nnnn3C3CCCC3)c(=O)[nH]c2c1. The number of nitrogens with zero attached hydrogens (tertiary/aromatic N) is 5. The van der Waals surface area contributed by atoms with E-state index in [1.807, 2.05) is 16.8 Å². The highest BCUT2D eigenvalue weighted by atomic mass is 32.1. The molecule has 3 heterocycles. The number of hydrogen-bond donors (Lipinski definition) is 1. The van der Waals surface area contributed by atoms with Crippen LogP contribution in [0, 0.1) is 13.8 Å². The second-order valence-electron chi connectivity index (χ2n) is 8.87. The third kappa shape index (κ3) is 4.38. The Morgan fingerprint density at radius 3 is 2.78 bits per heavy atom. The van der Waals surface area contributed by atoms with E-state index < -0.39 is 0 Å². The summed E-state index contributed by atoms with van der Waals surface area (Å²) < 4.78 is 2.01. The number of nitrogens with one attached hydrogen (secondary N) is 1. The summed E-state index contributed by atoms with van der Waals surface area (Å²) in [6.07, 6.45) is 4.72. The Labute approximate surface area is 191 Å². The molecule has 1 N–H and O–H groups in total. The number of hydrogen-bond acceptors (Lipinski definition) is 6. The summed E-state index contributed by atoms with van der Waals surface area (Å²) in [5, 5.41) is 15.8. The van der Waals surface area contributed by atoms with Gasteiger partial charge >= 0.3 is 0 Å². The number of aromatic amines is 1. The van der Waals surface area contributed by atoms with Gasteiger partial charge in [0.15, 0.2) is 5.82 Å². The Hall–Kier alpha value is -2.84. The topological polar surface area (TPSA) is 79.7 Å². The molecule has 8 heteroatoms. The number of aromatic nitrogens is 5. The molecule has 0 unspecified atom stereocenters. The molecule has 5 rings (SSSR count). The fraction of sp³-hybridized carbons (Fsp3) is 0.417. The second-order valence-corrected chi connectivity index (χ2v) is 9.90. The lowest BCUT2D eigenvalue weighted by molar-refractivity contribution is 0.234. The minimum Gasteiger partial charge on any atom is -0.322 e. The van der Waals surface area contributed by atoms with Gasteiger partial charge in [0.1, 0.15) is 0 Å². The molecule has 1 aromatic carbocycles. The van der Waals surface area contributed by atoms with Crippen LogP contribution in [0.15, 0.2) is 40.5 Å². The molecule has 1 aliphatic rings. The highest BCUT2D eigenvalue weighted by molar-refractivity contribution is 7.09. The minimum absolute atomic E-state index is 0.0333. The Balaban J connectivity index is 1.46. The molecule has 166 valence electrons. The van der Waals surface area contributed by atoms with E-state index >= 15 is 0 Å². The number of thiophene rings is 1. The van der Waals surface area contributed by atoms with Crippen LogP contribution in [0.4, 0.5) is 0 Å². The van der Waals surface area contributed by atoms with Crippen LogP contribution in [0.5, 0.6) is 0 Å². The maximum absolute atomic E-state index is 12.9. The van der Waals surface area contributed by atoms with Crippen molar-refractivity contribution in [2.24, 2.45) is 0 Å². The van der Waals surface area contributed by atoms with Gasteiger partial charge in [-0.1, -0.05) is 25.0 Å². The first kappa shape index (κ1) is 21.0. The van der Waals surface area contributed by atoms with Crippen molar-refractivity contribution < 1.29 is 0 Å². The molecule has 0 saturated heterocycles. The largest absolute Gasteiger partial charge is 0.322 e. The normalized spacial score (nSPS) is 14.7. The van der Waals surface area contributed by atoms with Crippen LogP contribution < -0.4 is 5.56 Å². The second kappa shape index (κ2) is 8.96. The molecule has 0 bridgehead atoms. The number of H-pyrrole nitrogens is 1. The van der Waals surface area contributed by atoms with Crippen molar-refractivity contribution >= 4 is 22.2 Å². The van der Waals surface area contributed by atoms with Gasteiger partial charge in [-0.3, -0.25) is 9.69 Å². The van der Waals surface area contributed by atoms with Crippen LogP contribution in [-0.4, -0.2) is 30.1 Å². The molecule has 3 aromatic heterocycles. The van der Waals surface area contributed by atoms with Crippen LogP contribution in [0.1, 0.15) is 59.1 Å². The third-order valence-corrected chi connectivity index (χ3v) is 7.20. The van der Waals surface area contributed by atoms with Gasteiger partial charge in [-0.15, -0.1) is 16.4 Å². The molecule has 0 atom stereocenters. The zero-order valence-corrected chi connectivity index (χ0v) is 19.4. The van der Waals surface area contributed by atoms with Gasteiger partial charge in [-0.05, 0) is 71.8 Å². The molecular weight excluding hydrogens is 420 g/mol. The van der Waals surface area contributed by atoms with Crippen molar-refractivity contribution in [2.45, 2.75) is 65.2 Å². The first-order valence-corrected chi connectivity index (χ1v) is 12.1. The smallest absolute Gasteiger partial charge is 0.252 e. The van der Waals surface area contributed by atoms with Gasteiger partial charge in [0.2, 0.25) is 0 Å². The quantitative estimate of drug-likeness (QED) is 0.450. The monoisotopic (exact) mass is 448 g/mol. The van der Waals surface area contributed by atoms with Crippen molar-refractivity contribution in [3.05, 3.63) is 73.5 Å².